The van der Waals surface area contributed by atoms with E-state index in [0.29, 0.717) is 6.42 Å². The molecule has 4 nitrogen and oxygen atoms in total. The molecule has 188 valence electrons. The van der Waals surface area contributed by atoms with Gasteiger partial charge >= 0.3 is 11.9 Å². The van der Waals surface area contributed by atoms with Gasteiger partial charge in [0.05, 0.1) is 18.0 Å². The van der Waals surface area contributed by atoms with E-state index in [1.54, 1.807) is 25.6 Å². The van der Waals surface area contributed by atoms with Crippen LogP contribution in [0.1, 0.15) is 25.0 Å². The van der Waals surface area contributed by atoms with Crippen LogP contribution in [0.5, 0.6) is 0 Å². The van der Waals surface area contributed by atoms with E-state index in [9.17, 15) is 9.59 Å². The van der Waals surface area contributed by atoms with Crippen LogP contribution >= 0.6 is 23.5 Å². The predicted octanol–water partition coefficient (Wildman–Crippen LogP) is 7.04. The lowest BCUT2D eigenvalue weighted by molar-refractivity contribution is -0.160. The molecule has 0 spiro atoms. The summed E-state index contributed by atoms with van der Waals surface area (Å²) in [5.74, 6) is -1.17. The molecule has 1 heterocycles. The molecule has 6 heteroatoms. The van der Waals surface area contributed by atoms with Crippen LogP contribution in [0.4, 0.5) is 0 Å². The van der Waals surface area contributed by atoms with Crippen molar-refractivity contribution in [3.8, 4) is 0 Å². The Morgan fingerprint density at radius 2 is 1.22 bits per heavy atom. The van der Waals surface area contributed by atoms with Gasteiger partial charge in [-0.05, 0) is 48.9 Å². The number of carbonyl (C=O) groups is 2. The molecule has 0 N–H and O–H groups in total. The number of ether oxygens (including phenoxy) is 2. The van der Waals surface area contributed by atoms with Crippen molar-refractivity contribution in [1.82, 2.24) is 0 Å². The summed E-state index contributed by atoms with van der Waals surface area (Å²) in [5.41, 5.74) is 1.87. The van der Waals surface area contributed by atoms with Crippen LogP contribution in [0.2, 0.25) is 0 Å². The summed E-state index contributed by atoms with van der Waals surface area (Å²) >= 11 is 2.82. The fourth-order valence-corrected chi connectivity index (χ4v) is 8.44. The van der Waals surface area contributed by atoms with Crippen molar-refractivity contribution in [1.29, 1.82) is 0 Å². The van der Waals surface area contributed by atoms with Crippen molar-refractivity contribution in [2.24, 2.45) is 0 Å². The van der Waals surface area contributed by atoms with Crippen LogP contribution in [0.15, 0.2) is 107 Å². The highest BCUT2D eigenvalue weighted by Crippen LogP contribution is 2.63. The third-order valence-corrected chi connectivity index (χ3v) is 9.88. The Balaban J connectivity index is 1.91. The van der Waals surface area contributed by atoms with Gasteiger partial charge in [0.15, 0.2) is 0 Å². The first kappa shape index (κ1) is 25.4. The van der Waals surface area contributed by atoms with Gasteiger partial charge in [0.25, 0.3) is 0 Å². The summed E-state index contributed by atoms with van der Waals surface area (Å²) in [6.07, 6.45) is 0.414. The largest absolute Gasteiger partial charge is 0.464 e. The standard InChI is InChI=1S/C31H28O4S2/c1-3-34-28(32)31(29(33)35-4-2)30(24-17-9-6-10-18-24,21-22-13-7-5-8-14-22)36-25-19-11-15-23-16-12-20-26(37-31)27(23)25/h5-20H,3-4,21H2,1-2H3. The lowest BCUT2D eigenvalue weighted by atomic mass is 9.79. The van der Waals surface area contributed by atoms with E-state index in [1.807, 2.05) is 78.9 Å². The van der Waals surface area contributed by atoms with Crippen LogP contribution in [-0.4, -0.2) is 29.9 Å². The van der Waals surface area contributed by atoms with E-state index >= 15 is 0 Å². The Hall–Kier alpha value is -3.22. The fourth-order valence-electron chi connectivity index (χ4n) is 5.03. The van der Waals surface area contributed by atoms with E-state index in [1.165, 1.54) is 11.8 Å². The monoisotopic (exact) mass is 528 g/mol. The number of hydrogen-bond acceptors (Lipinski definition) is 6. The number of rotatable bonds is 7. The minimum atomic E-state index is -1.71. The molecular weight excluding hydrogens is 500 g/mol. The minimum absolute atomic E-state index is 0.151. The summed E-state index contributed by atoms with van der Waals surface area (Å²) < 4.78 is 8.69. The Morgan fingerprint density at radius 1 is 0.676 bits per heavy atom. The average molecular weight is 529 g/mol. The second-order valence-electron chi connectivity index (χ2n) is 8.79. The third-order valence-electron chi connectivity index (χ3n) is 6.61. The molecule has 0 radical (unpaired) electrons. The highest BCUT2D eigenvalue weighted by molar-refractivity contribution is 8.06. The molecule has 0 fully saturated rings. The second-order valence-corrected chi connectivity index (χ2v) is 11.4. The van der Waals surface area contributed by atoms with Crippen LogP contribution in [0.3, 0.4) is 0 Å². The van der Waals surface area contributed by atoms with Crippen LogP contribution < -0.4 is 0 Å². The van der Waals surface area contributed by atoms with Crippen molar-refractivity contribution in [2.75, 3.05) is 13.2 Å². The Labute approximate surface area is 225 Å². The van der Waals surface area contributed by atoms with Crippen molar-refractivity contribution >= 4 is 46.2 Å². The maximum absolute atomic E-state index is 14.3. The lowest BCUT2D eigenvalue weighted by Crippen LogP contribution is -2.60. The maximum atomic E-state index is 14.3. The molecule has 0 aromatic heterocycles. The zero-order valence-corrected chi connectivity index (χ0v) is 22.4. The lowest BCUT2D eigenvalue weighted by Gasteiger charge is -2.45. The van der Waals surface area contributed by atoms with Crippen LogP contribution in [0, 0.1) is 0 Å². The van der Waals surface area contributed by atoms with Gasteiger partial charge in [-0.15, -0.1) is 11.8 Å². The number of esters is 2. The normalized spacial score (nSPS) is 18.1. The van der Waals surface area contributed by atoms with Gasteiger partial charge in [-0.25, -0.2) is 9.59 Å². The van der Waals surface area contributed by atoms with E-state index in [0.717, 1.165) is 31.7 Å². The summed E-state index contributed by atoms with van der Waals surface area (Å²) in [5, 5.41) is 2.09. The van der Waals surface area contributed by atoms with E-state index in [-0.39, 0.29) is 13.2 Å². The minimum Gasteiger partial charge on any atom is -0.464 e. The van der Waals surface area contributed by atoms with Crippen molar-refractivity contribution in [3.63, 3.8) is 0 Å². The van der Waals surface area contributed by atoms with Gasteiger partial charge in [0.1, 0.15) is 0 Å². The van der Waals surface area contributed by atoms with Crippen molar-refractivity contribution in [2.45, 2.75) is 39.6 Å². The molecule has 4 aromatic rings. The predicted molar refractivity (Wildman–Crippen MR) is 150 cm³/mol. The fraction of sp³-hybridized carbons (Fsp3) is 0.226. The van der Waals surface area contributed by atoms with Gasteiger partial charge < -0.3 is 9.47 Å². The summed E-state index contributed by atoms with van der Waals surface area (Å²) in [4.78, 5) is 30.4. The number of carbonyl (C=O) groups excluding carboxylic acids is 2. The van der Waals surface area contributed by atoms with Gasteiger partial charge in [-0.2, -0.15) is 0 Å². The molecule has 0 aliphatic carbocycles. The average Bonchev–Trinajstić information content (AvgIpc) is 3.05. The van der Waals surface area contributed by atoms with Gasteiger partial charge in [-0.1, -0.05) is 96.7 Å². The molecule has 0 saturated heterocycles. The number of hydrogen-bond donors (Lipinski definition) is 0. The van der Waals surface area contributed by atoms with E-state index < -0.39 is 21.4 Å². The summed E-state index contributed by atoms with van der Waals surface area (Å²) in [6.45, 7) is 3.83. The maximum Gasteiger partial charge on any atom is 0.336 e. The smallest absolute Gasteiger partial charge is 0.336 e. The number of benzene rings is 4. The van der Waals surface area contributed by atoms with Gasteiger partial charge in [-0.3, -0.25) is 0 Å². The SMILES string of the molecule is CCOC(=O)C1(C(=O)OCC)Sc2cccc3cccc(c23)SC1(Cc1ccccc1)c1ccccc1. The molecular formula is C31H28O4S2. The molecule has 0 saturated carbocycles. The molecule has 0 amide bonds. The van der Waals surface area contributed by atoms with Gasteiger partial charge in [0, 0.05) is 15.2 Å². The van der Waals surface area contributed by atoms with Crippen molar-refractivity contribution < 1.29 is 19.1 Å². The molecule has 0 bridgehead atoms. The summed E-state index contributed by atoms with van der Waals surface area (Å²) in [7, 11) is 0. The van der Waals surface area contributed by atoms with Gasteiger partial charge in [0.2, 0.25) is 4.75 Å². The molecule has 1 aliphatic rings. The van der Waals surface area contributed by atoms with E-state index in [2.05, 4.69) is 18.2 Å². The van der Waals surface area contributed by atoms with Crippen molar-refractivity contribution in [3.05, 3.63) is 108 Å². The molecule has 4 aromatic carbocycles. The molecule has 1 unspecified atom stereocenters. The highest BCUT2D eigenvalue weighted by Gasteiger charge is 2.67. The highest BCUT2D eigenvalue weighted by atomic mass is 32.2. The molecule has 1 atom stereocenters. The summed E-state index contributed by atoms with van der Waals surface area (Å²) in [6, 6.07) is 32.0. The van der Waals surface area contributed by atoms with Crippen LogP contribution in [-0.2, 0) is 30.2 Å². The first-order valence-electron chi connectivity index (χ1n) is 12.4. The first-order chi connectivity index (χ1) is 18.1. The first-order valence-corrected chi connectivity index (χ1v) is 14.0. The Bertz CT molecular complexity index is 1400. The quantitative estimate of drug-likeness (QED) is 0.189. The number of thioether (sulfide) groups is 2. The zero-order chi connectivity index (χ0) is 25.9. The second kappa shape index (κ2) is 10.6. The molecule has 37 heavy (non-hydrogen) atoms. The Kier molecular flexibility index (Phi) is 7.31. The third kappa shape index (κ3) is 4.32. The van der Waals surface area contributed by atoms with Crippen LogP contribution in [0.25, 0.3) is 10.8 Å². The zero-order valence-electron chi connectivity index (χ0n) is 20.8. The Morgan fingerprint density at radius 3 is 1.78 bits per heavy atom. The topological polar surface area (TPSA) is 52.6 Å². The molecule has 1 aliphatic heterocycles. The van der Waals surface area contributed by atoms with E-state index in [4.69, 9.17) is 9.47 Å². The molecule has 5 rings (SSSR count).